The maximum Gasteiger partial charge on any atom is 0.323 e. The molecule has 0 aliphatic heterocycles. The summed E-state index contributed by atoms with van der Waals surface area (Å²) >= 11 is 7.36. The second kappa shape index (κ2) is 7.65. The molecule has 0 aliphatic carbocycles. The molecule has 0 fully saturated rings. The van der Waals surface area contributed by atoms with Crippen molar-refractivity contribution in [3.8, 4) is 11.1 Å². The van der Waals surface area contributed by atoms with Gasteiger partial charge in [-0.1, -0.05) is 23.7 Å². The van der Waals surface area contributed by atoms with Gasteiger partial charge in [0.1, 0.15) is 22.8 Å². The summed E-state index contributed by atoms with van der Waals surface area (Å²) in [6.45, 7) is 1.92. The number of amides is 2. The smallest absolute Gasteiger partial charge is 0.323 e. The molecule has 9 heteroatoms. The molecular formula is C20H15ClFN5OS. The van der Waals surface area contributed by atoms with Gasteiger partial charge in [-0.25, -0.2) is 19.2 Å². The maximum atomic E-state index is 14.7. The third-order valence-electron chi connectivity index (χ3n) is 4.28. The Bertz CT molecular complexity index is 1240. The van der Waals surface area contributed by atoms with Gasteiger partial charge in [0.15, 0.2) is 0 Å². The quantitative estimate of drug-likeness (QED) is 0.391. The van der Waals surface area contributed by atoms with Gasteiger partial charge in [-0.15, -0.1) is 11.3 Å². The normalized spacial score (nSPS) is 10.9. The van der Waals surface area contributed by atoms with Gasteiger partial charge >= 0.3 is 6.03 Å². The average Bonchev–Trinajstić information content (AvgIpc) is 3.00. The summed E-state index contributed by atoms with van der Waals surface area (Å²) in [5, 5.41) is 6.30. The fourth-order valence-corrected chi connectivity index (χ4v) is 4.25. The van der Waals surface area contributed by atoms with Crippen LogP contribution in [-0.2, 0) is 0 Å². The minimum atomic E-state index is -0.575. The molecule has 2 aromatic carbocycles. The van der Waals surface area contributed by atoms with Crippen LogP contribution in [0, 0.1) is 12.7 Å². The first-order valence-corrected chi connectivity index (χ1v) is 9.75. The summed E-state index contributed by atoms with van der Waals surface area (Å²) < 4.78 is 14.7. The highest BCUT2D eigenvalue weighted by atomic mass is 35.5. The van der Waals surface area contributed by atoms with Gasteiger partial charge < -0.3 is 16.4 Å². The molecular weight excluding hydrogens is 413 g/mol. The Labute approximate surface area is 174 Å². The van der Waals surface area contributed by atoms with E-state index in [1.165, 1.54) is 29.8 Å². The van der Waals surface area contributed by atoms with Crippen LogP contribution in [0.15, 0.2) is 48.8 Å². The van der Waals surface area contributed by atoms with Crippen LogP contribution < -0.4 is 16.4 Å². The van der Waals surface area contributed by atoms with Gasteiger partial charge in [0, 0.05) is 21.2 Å². The zero-order valence-electron chi connectivity index (χ0n) is 15.2. The van der Waals surface area contributed by atoms with Crippen LogP contribution in [0.3, 0.4) is 0 Å². The van der Waals surface area contributed by atoms with Crippen LogP contribution in [0.4, 0.5) is 26.4 Å². The van der Waals surface area contributed by atoms with E-state index in [0.29, 0.717) is 27.5 Å². The first-order chi connectivity index (χ1) is 13.9. The van der Waals surface area contributed by atoms with Crippen molar-refractivity contribution < 1.29 is 9.18 Å². The predicted molar refractivity (Wildman–Crippen MR) is 116 cm³/mol. The molecule has 0 bridgehead atoms. The van der Waals surface area contributed by atoms with E-state index in [-0.39, 0.29) is 5.69 Å². The maximum absolute atomic E-state index is 14.7. The molecule has 0 spiro atoms. The number of nitrogens with two attached hydrogens (primary N) is 1. The lowest BCUT2D eigenvalue weighted by molar-refractivity contribution is 0.262. The second-order valence-electron chi connectivity index (χ2n) is 6.26. The average molecular weight is 428 g/mol. The van der Waals surface area contributed by atoms with Gasteiger partial charge in [0.05, 0.1) is 11.1 Å². The number of hydrogen-bond acceptors (Lipinski definition) is 5. The van der Waals surface area contributed by atoms with Crippen molar-refractivity contribution in [3.63, 3.8) is 0 Å². The minimum Gasteiger partial charge on any atom is -0.383 e. The van der Waals surface area contributed by atoms with Crippen LogP contribution in [0.2, 0.25) is 5.02 Å². The lowest BCUT2D eigenvalue weighted by Gasteiger charge is -2.10. The highest BCUT2D eigenvalue weighted by Gasteiger charge is 2.17. The Morgan fingerprint density at radius 1 is 1.17 bits per heavy atom. The Balaban J connectivity index is 1.61. The van der Waals surface area contributed by atoms with Gasteiger partial charge in [-0.2, -0.15) is 0 Å². The van der Waals surface area contributed by atoms with Crippen molar-refractivity contribution in [1.29, 1.82) is 0 Å². The molecule has 146 valence electrons. The number of nitrogens with zero attached hydrogens (tertiary/aromatic N) is 2. The van der Waals surface area contributed by atoms with Gasteiger partial charge in [-0.05, 0) is 42.8 Å². The lowest BCUT2D eigenvalue weighted by atomic mass is 10.0. The fraction of sp³-hybridized carbons (Fsp3) is 0.0500. The van der Waals surface area contributed by atoms with E-state index in [1.807, 2.05) is 6.92 Å². The van der Waals surface area contributed by atoms with Gasteiger partial charge in [0.2, 0.25) is 0 Å². The lowest BCUT2D eigenvalue weighted by Crippen LogP contribution is -2.20. The second-order valence-corrected chi connectivity index (χ2v) is 7.90. The molecule has 0 atom stereocenters. The Kier molecular flexibility index (Phi) is 5.04. The summed E-state index contributed by atoms with van der Waals surface area (Å²) in [6.07, 6.45) is 1.41. The number of halogens is 2. The molecule has 0 unspecified atom stereocenters. The molecule has 2 aromatic heterocycles. The zero-order chi connectivity index (χ0) is 20.5. The molecule has 4 N–H and O–H groups in total. The molecule has 2 heterocycles. The number of nitrogen functional groups attached to an aromatic ring is 1. The number of carbonyl (C=O) groups excluding carboxylic acids is 1. The summed E-state index contributed by atoms with van der Waals surface area (Å²) in [5.74, 6) is -0.226. The Hall–Kier alpha value is -3.23. The standard InChI is InChI=1S/C20H15ClFN5OS/c1-10-16(17-18(23)24-9-25-19(17)29-10)11-5-6-15(14(22)7-11)27-20(28)26-13-4-2-3-12(21)8-13/h2-9H,1H3,(H2,23,24,25)(H2,26,27,28). The number of aryl methyl sites for hydroxylation is 1. The van der Waals surface area contributed by atoms with Crippen molar-refractivity contribution in [2.24, 2.45) is 0 Å². The predicted octanol–water partition coefficient (Wildman–Crippen LogP) is 5.69. The summed E-state index contributed by atoms with van der Waals surface area (Å²) in [7, 11) is 0. The highest BCUT2D eigenvalue weighted by molar-refractivity contribution is 7.19. The molecule has 0 saturated heterocycles. The van der Waals surface area contributed by atoms with Crippen LogP contribution in [0.5, 0.6) is 0 Å². The number of nitrogens with one attached hydrogen (secondary N) is 2. The molecule has 0 radical (unpaired) electrons. The number of rotatable bonds is 3. The topological polar surface area (TPSA) is 92.9 Å². The van der Waals surface area contributed by atoms with Gasteiger partial charge in [0.25, 0.3) is 0 Å². The first-order valence-electron chi connectivity index (χ1n) is 8.55. The number of anilines is 3. The van der Waals surface area contributed by atoms with Crippen LogP contribution in [0.25, 0.3) is 21.3 Å². The number of thiophene rings is 1. The summed E-state index contributed by atoms with van der Waals surface area (Å²) in [6, 6.07) is 10.7. The number of carbonyl (C=O) groups is 1. The van der Waals surface area contributed by atoms with Crippen molar-refractivity contribution >= 4 is 56.4 Å². The van der Waals surface area contributed by atoms with E-state index in [4.69, 9.17) is 17.3 Å². The summed E-state index contributed by atoms with van der Waals surface area (Å²) in [4.78, 5) is 22.1. The Morgan fingerprint density at radius 2 is 2.00 bits per heavy atom. The van der Waals surface area contributed by atoms with E-state index in [2.05, 4.69) is 20.6 Å². The van der Waals surface area contributed by atoms with Crippen molar-refractivity contribution in [2.75, 3.05) is 16.4 Å². The molecule has 6 nitrogen and oxygen atoms in total. The van der Waals surface area contributed by atoms with E-state index < -0.39 is 11.8 Å². The number of urea groups is 1. The molecule has 4 aromatic rings. The number of benzene rings is 2. The third kappa shape index (κ3) is 3.85. The highest BCUT2D eigenvalue weighted by Crippen LogP contribution is 2.40. The van der Waals surface area contributed by atoms with Crippen LogP contribution in [-0.4, -0.2) is 16.0 Å². The monoisotopic (exact) mass is 427 g/mol. The molecule has 0 saturated carbocycles. The molecule has 4 rings (SSSR count). The summed E-state index contributed by atoms with van der Waals surface area (Å²) in [5.41, 5.74) is 7.99. The van der Waals surface area contributed by atoms with Crippen molar-refractivity contribution in [2.45, 2.75) is 6.92 Å². The van der Waals surface area contributed by atoms with E-state index in [1.54, 1.807) is 30.3 Å². The van der Waals surface area contributed by atoms with Gasteiger partial charge in [-0.3, -0.25) is 0 Å². The van der Waals surface area contributed by atoms with Crippen LogP contribution >= 0.6 is 22.9 Å². The number of aromatic nitrogens is 2. The number of hydrogen-bond donors (Lipinski definition) is 3. The van der Waals surface area contributed by atoms with E-state index in [0.717, 1.165) is 15.3 Å². The largest absolute Gasteiger partial charge is 0.383 e. The van der Waals surface area contributed by atoms with E-state index in [9.17, 15) is 9.18 Å². The first kappa shape index (κ1) is 19.1. The number of fused-ring (bicyclic) bond motifs is 1. The van der Waals surface area contributed by atoms with Crippen molar-refractivity contribution in [1.82, 2.24) is 9.97 Å². The van der Waals surface area contributed by atoms with Crippen LogP contribution in [0.1, 0.15) is 4.88 Å². The minimum absolute atomic E-state index is 0.0506. The Morgan fingerprint density at radius 3 is 2.76 bits per heavy atom. The van der Waals surface area contributed by atoms with E-state index >= 15 is 0 Å². The fourth-order valence-electron chi connectivity index (χ4n) is 3.04. The SMILES string of the molecule is Cc1sc2ncnc(N)c2c1-c1ccc(NC(=O)Nc2cccc(Cl)c2)c(F)c1. The molecule has 2 amide bonds. The zero-order valence-corrected chi connectivity index (χ0v) is 16.7. The molecule has 29 heavy (non-hydrogen) atoms. The molecule has 0 aliphatic rings. The third-order valence-corrected chi connectivity index (χ3v) is 5.53. The van der Waals surface area contributed by atoms with Crippen molar-refractivity contribution in [3.05, 3.63) is 64.5 Å².